The van der Waals surface area contributed by atoms with E-state index >= 15 is 0 Å². The van der Waals surface area contributed by atoms with Crippen molar-refractivity contribution >= 4 is 5.97 Å². The van der Waals surface area contributed by atoms with E-state index in [1.165, 1.54) is 13.4 Å². The lowest BCUT2D eigenvalue weighted by atomic mass is 9.89. The lowest BCUT2D eigenvalue weighted by Gasteiger charge is -2.35. The molecule has 1 saturated carbocycles. The molecule has 1 heterocycles. The molecule has 0 unspecified atom stereocenters. The Labute approximate surface area is 106 Å². The Morgan fingerprint density at radius 2 is 2.33 bits per heavy atom. The maximum atomic E-state index is 11.4. The Morgan fingerprint density at radius 3 is 3.00 bits per heavy atom. The SMILES string of the molecule is CCOC1CC(NCc2ccoc2C(=O)OC)C1. The monoisotopic (exact) mass is 253 g/mol. The van der Waals surface area contributed by atoms with Crippen molar-refractivity contribution in [3.63, 3.8) is 0 Å². The Bertz CT molecular complexity index is 395. The second kappa shape index (κ2) is 6.02. The molecular weight excluding hydrogens is 234 g/mol. The molecule has 0 spiro atoms. The molecule has 2 rings (SSSR count). The largest absolute Gasteiger partial charge is 0.463 e. The average Bonchev–Trinajstić information content (AvgIpc) is 2.79. The molecular formula is C13H19NO4. The molecule has 0 amide bonds. The van der Waals surface area contributed by atoms with E-state index in [4.69, 9.17) is 9.15 Å². The van der Waals surface area contributed by atoms with Crippen LogP contribution in [0.2, 0.25) is 0 Å². The van der Waals surface area contributed by atoms with Gasteiger partial charge in [-0.15, -0.1) is 0 Å². The molecule has 1 N–H and O–H groups in total. The van der Waals surface area contributed by atoms with Crippen molar-refractivity contribution in [3.05, 3.63) is 23.7 Å². The number of methoxy groups -OCH3 is 1. The Kier molecular flexibility index (Phi) is 4.38. The number of furan rings is 1. The number of esters is 1. The number of ether oxygens (including phenoxy) is 2. The molecule has 1 aromatic heterocycles. The summed E-state index contributed by atoms with van der Waals surface area (Å²) >= 11 is 0. The number of carbonyl (C=O) groups excluding carboxylic acids is 1. The summed E-state index contributed by atoms with van der Waals surface area (Å²) in [5.41, 5.74) is 0.835. The van der Waals surface area contributed by atoms with Gasteiger partial charge in [0, 0.05) is 24.8 Å². The highest BCUT2D eigenvalue weighted by Crippen LogP contribution is 2.24. The first-order chi connectivity index (χ1) is 8.74. The number of rotatable bonds is 6. The van der Waals surface area contributed by atoms with Crippen molar-refractivity contribution < 1.29 is 18.7 Å². The number of hydrogen-bond donors (Lipinski definition) is 1. The van der Waals surface area contributed by atoms with Crippen LogP contribution in [-0.4, -0.2) is 31.8 Å². The standard InChI is InChI=1S/C13H19NO4/c1-3-17-11-6-10(7-11)14-8-9-4-5-18-12(9)13(15)16-2/h4-5,10-11,14H,3,6-8H2,1-2H3. The van der Waals surface area contributed by atoms with Crippen molar-refractivity contribution in [1.29, 1.82) is 0 Å². The second-order valence-electron chi connectivity index (χ2n) is 4.39. The van der Waals surface area contributed by atoms with E-state index in [9.17, 15) is 4.79 Å². The van der Waals surface area contributed by atoms with Gasteiger partial charge in [-0.2, -0.15) is 0 Å². The number of nitrogens with one attached hydrogen (secondary N) is 1. The van der Waals surface area contributed by atoms with Crippen molar-refractivity contribution in [2.75, 3.05) is 13.7 Å². The van der Waals surface area contributed by atoms with Crippen LogP contribution in [0.25, 0.3) is 0 Å². The van der Waals surface area contributed by atoms with Crippen molar-refractivity contribution in [3.8, 4) is 0 Å². The van der Waals surface area contributed by atoms with Gasteiger partial charge in [-0.1, -0.05) is 0 Å². The van der Waals surface area contributed by atoms with Crippen LogP contribution < -0.4 is 5.32 Å². The van der Waals surface area contributed by atoms with Gasteiger partial charge in [0.2, 0.25) is 5.76 Å². The predicted molar refractivity (Wildman–Crippen MR) is 65.3 cm³/mol. The second-order valence-corrected chi connectivity index (χ2v) is 4.39. The zero-order valence-electron chi connectivity index (χ0n) is 10.8. The van der Waals surface area contributed by atoms with Crippen LogP contribution >= 0.6 is 0 Å². The minimum Gasteiger partial charge on any atom is -0.463 e. The van der Waals surface area contributed by atoms with E-state index in [2.05, 4.69) is 10.1 Å². The summed E-state index contributed by atoms with van der Waals surface area (Å²) in [6.45, 7) is 3.39. The fourth-order valence-corrected chi connectivity index (χ4v) is 2.11. The fraction of sp³-hybridized carbons (Fsp3) is 0.615. The Balaban J connectivity index is 1.78. The van der Waals surface area contributed by atoms with E-state index < -0.39 is 5.97 Å². The van der Waals surface area contributed by atoms with Gasteiger partial charge in [0.1, 0.15) is 0 Å². The van der Waals surface area contributed by atoms with E-state index in [-0.39, 0.29) is 5.76 Å². The third kappa shape index (κ3) is 2.91. The van der Waals surface area contributed by atoms with Crippen LogP contribution in [0, 0.1) is 0 Å². The molecule has 0 saturated heterocycles. The minimum absolute atomic E-state index is 0.283. The van der Waals surface area contributed by atoms with Crippen molar-refractivity contribution in [1.82, 2.24) is 5.32 Å². The quantitative estimate of drug-likeness (QED) is 0.782. The molecule has 1 aliphatic rings. The van der Waals surface area contributed by atoms with Gasteiger partial charge in [-0.05, 0) is 25.8 Å². The molecule has 18 heavy (non-hydrogen) atoms. The molecule has 5 nitrogen and oxygen atoms in total. The number of hydrogen-bond acceptors (Lipinski definition) is 5. The summed E-state index contributed by atoms with van der Waals surface area (Å²) < 4.78 is 15.3. The Hall–Kier alpha value is -1.33. The van der Waals surface area contributed by atoms with Crippen LogP contribution in [0.1, 0.15) is 35.9 Å². The topological polar surface area (TPSA) is 60.7 Å². The molecule has 0 radical (unpaired) electrons. The third-order valence-corrected chi connectivity index (χ3v) is 3.20. The normalized spacial score (nSPS) is 22.6. The smallest absolute Gasteiger partial charge is 0.374 e. The first kappa shape index (κ1) is 13.1. The van der Waals surface area contributed by atoms with Crippen molar-refractivity contribution in [2.45, 2.75) is 38.5 Å². The highest BCUT2D eigenvalue weighted by molar-refractivity contribution is 5.87. The highest BCUT2D eigenvalue weighted by Gasteiger charge is 2.29. The lowest BCUT2D eigenvalue weighted by Crippen LogP contribution is -2.45. The van der Waals surface area contributed by atoms with Crippen LogP contribution in [0.5, 0.6) is 0 Å². The van der Waals surface area contributed by atoms with Crippen LogP contribution in [0.15, 0.2) is 16.7 Å². The molecule has 1 fully saturated rings. The van der Waals surface area contributed by atoms with Gasteiger partial charge in [0.05, 0.1) is 19.5 Å². The van der Waals surface area contributed by atoms with E-state index in [0.29, 0.717) is 18.7 Å². The number of carbonyl (C=O) groups is 1. The van der Waals surface area contributed by atoms with Crippen molar-refractivity contribution in [2.24, 2.45) is 0 Å². The van der Waals surface area contributed by atoms with E-state index in [1.54, 1.807) is 6.07 Å². The first-order valence-corrected chi connectivity index (χ1v) is 6.24. The predicted octanol–water partition coefficient (Wildman–Crippen LogP) is 1.72. The van der Waals surface area contributed by atoms with Gasteiger partial charge in [-0.25, -0.2) is 4.79 Å². The maximum absolute atomic E-state index is 11.4. The zero-order chi connectivity index (χ0) is 13.0. The van der Waals surface area contributed by atoms with E-state index in [1.807, 2.05) is 6.92 Å². The molecule has 100 valence electrons. The molecule has 1 aromatic rings. The fourth-order valence-electron chi connectivity index (χ4n) is 2.11. The molecule has 5 heteroatoms. The summed E-state index contributed by atoms with van der Waals surface area (Å²) in [5.74, 6) is -0.150. The van der Waals surface area contributed by atoms with Gasteiger partial charge < -0.3 is 19.2 Å². The van der Waals surface area contributed by atoms with Gasteiger partial charge in [0.25, 0.3) is 0 Å². The van der Waals surface area contributed by atoms with E-state index in [0.717, 1.165) is 25.0 Å². The summed E-state index contributed by atoms with van der Waals surface area (Å²) in [6, 6.07) is 2.25. The molecule has 0 aliphatic heterocycles. The zero-order valence-corrected chi connectivity index (χ0v) is 10.8. The van der Waals surface area contributed by atoms with Gasteiger partial charge in [0.15, 0.2) is 0 Å². The highest BCUT2D eigenvalue weighted by atomic mass is 16.5. The minimum atomic E-state index is -0.433. The average molecular weight is 253 g/mol. The summed E-state index contributed by atoms with van der Waals surface area (Å²) in [5, 5.41) is 3.38. The molecule has 1 aliphatic carbocycles. The summed E-state index contributed by atoms with van der Waals surface area (Å²) in [4.78, 5) is 11.4. The molecule has 0 bridgehead atoms. The molecule has 0 atom stereocenters. The summed E-state index contributed by atoms with van der Waals surface area (Å²) in [6.07, 6.45) is 3.95. The third-order valence-electron chi connectivity index (χ3n) is 3.20. The Morgan fingerprint density at radius 1 is 1.56 bits per heavy atom. The first-order valence-electron chi connectivity index (χ1n) is 6.24. The van der Waals surface area contributed by atoms with Gasteiger partial charge >= 0.3 is 5.97 Å². The maximum Gasteiger partial charge on any atom is 0.374 e. The van der Waals surface area contributed by atoms with Crippen LogP contribution in [0.3, 0.4) is 0 Å². The van der Waals surface area contributed by atoms with Crippen LogP contribution in [0.4, 0.5) is 0 Å². The molecule has 0 aromatic carbocycles. The van der Waals surface area contributed by atoms with Crippen LogP contribution in [-0.2, 0) is 16.0 Å². The van der Waals surface area contributed by atoms with Gasteiger partial charge in [-0.3, -0.25) is 0 Å². The summed E-state index contributed by atoms with van der Waals surface area (Å²) in [7, 11) is 1.35. The lowest BCUT2D eigenvalue weighted by molar-refractivity contribution is -0.0102.